The van der Waals surface area contributed by atoms with Gasteiger partial charge in [-0.1, -0.05) is 35.9 Å². The fourth-order valence-corrected chi connectivity index (χ4v) is 5.03. The van der Waals surface area contributed by atoms with Crippen molar-refractivity contribution >= 4 is 44.8 Å². The number of anilines is 2. The third kappa shape index (κ3) is 6.16. The summed E-state index contributed by atoms with van der Waals surface area (Å²) < 4.78 is 40.9. The highest BCUT2D eigenvalue weighted by Gasteiger charge is 2.47. The lowest BCUT2D eigenvalue weighted by Gasteiger charge is -2.29. The van der Waals surface area contributed by atoms with E-state index in [1.807, 2.05) is 53.7 Å². The van der Waals surface area contributed by atoms with Gasteiger partial charge in [0.15, 0.2) is 0 Å². The molecule has 0 unspecified atom stereocenters. The predicted molar refractivity (Wildman–Crippen MR) is 164 cm³/mol. The van der Waals surface area contributed by atoms with Gasteiger partial charge in [0, 0.05) is 48.1 Å². The van der Waals surface area contributed by atoms with Crippen LogP contribution in [-0.2, 0) is 0 Å². The van der Waals surface area contributed by atoms with Crippen molar-refractivity contribution in [3.8, 4) is 6.07 Å². The van der Waals surface area contributed by atoms with Crippen molar-refractivity contribution in [1.82, 2.24) is 25.9 Å². The number of hydrogen-bond donors (Lipinski definition) is 4. The van der Waals surface area contributed by atoms with E-state index < -0.39 is 24.2 Å². The number of halogens is 4. The van der Waals surface area contributed by atoms with Crippen molar-refractivity contribution < 1.29 is 13.2 Å². The Labute approximate surface area is 252 Å². The Kier molecular flexibility index (Phi) is 8.35. The molecule has 4 N–H and O–H groups in total. The van der Waals surface area contributed by atoms with Gasteiger partial charge in [-0.05, 0) is 50.1 Å². The third-order valence-corrected chi connectivity index (χ3v) is 7.63. The highest BCUT2D eigenvalue weighted by Crippen LogP contribution is 2.40. The van der Waals surface area contributed by atoms with Gasteiger partial charge in [0.1, 0.15) is 6.07 Å². The van der Waals surface area contributed by atoms with Gasteiger partial charge < -0.3 is 16.1 Å². The monoisotopic (exact) mass is 606 g/mol. The average Bonchev–Trinajstić information content (AvgIpc) is 3.45. The van der Waals surface area contributed by atoms with Crippen molar-refractivity contribution in [2.45, 2.75) is 32.5 Å². The fraction of sp³-hybridized carbons (Fsp3) is 0.258. The number of alkyl halides is 3. The second-order valence-corrected chi connectivity index (χ2v) is 11.2. The topological polar surface area (TPSA) is 101 Å². The van der Waals surface area contributed by atoms with Crippen LogP contribution in [0.4, 0.5) is 24.5 Å². The molecule has 2 aromatic heterocycles. The zero-order chi connectivity index (χ0) is 30.8. The number of nitrogens with one attached hydrogen (secondary N) is 4. The number of hydrazine groups is 2. The Morgan fingerprint density at radius 2 is 1.98 bits per heavy atom. The van der Waals surface area contributed by atoms with E-state index in [4.69, 9.17) is 11.6 Å². The average molecular weight is 607 g/mol. The molecule has 5 rings (SSSR count). The van der Waals surface area contributed by atoms with E-state index >= 15 is 0 Å². The molecule has 1 aliphatic heterocycles. The molecule has 8 nitrogen and oxygen atoms in total. The summed E-state index contributed by atoms with van der Waals surface area (Å²) in [5.74, 6) is 0. The van der Waals surface area contributed by atoms with Crippen LogP contribution in [0.5, 0.6) is 0 Å². The summed E-state index contributed by atoms with van der Waals surface area (Å²) in [7, 11) is 0. The Morgan fingerprint density at radius 1 is 1.16 bits per heavy atom. The van der Waals surface area contributed by atoms with E-state index in [1.165, 1.54) is 6.20 Å². The number of pyridine rings is 2. The van der Waals surface area contributed by atoms with Crippen LogP contribution < -0.4 is 21.6 Å². The lowest BCUT2D eigenvalue weighted by Crippen LogP contribution is -2.38. The Bertz CT molecular complexity index is 1740. The zero-order valence-corrected chi connectivity index (χ0v) is 24.3. The molecule has 0 spiro atoms. The molecule has 4 aromatic rings. The largest absolute Gasteiger partial charge is 0.395 e. The molecule has 0 saturated heterocycles. The number of nitrogens with zero attached hydrogens (tertiary/aromatic N) is 4. The maximum Gasteiger partial charge on any atom is 0.395 e. The summed E-state index contributed by atoms with van der Waals surface area (Å²) >= 11 is 6.69. The van der Waals surface area contributed by atoms with Gasteiger partial charge in [-0.25, -0.2) is 0 Å². The van der Waals surface area contributed by atoms with Crippen LogP contribution in [-0.4, -0.2) is 34.2 Å². The lowest BCUT2D eigenvalue weighted by molar-refractivity contribution is -0.206. The smallest absolute Gasteiger partial charge is 0.382 e. The minimum Gasteiger partial charge on any atom is -0.382 e. The molecule has 0 bridgehead atoms. The van der Waals surface area contributed by atoms with Crippen molar-refractivity contribution in [2.24, 2.45) is 5.41 Å². The highest BCUT2D eigenvalue weighted by atomic mass is 35.5. The Morgan fingerprint density at radius 3 is 2.72 bits per heavy atom. The van der Waals surface area contributed by atoms with Crippen LogP contribution in [0.3, 0.4) is 0 Å². The van der Waals surface area contributed by atoms with E-state index in [9.17, 15) is 18.4 Å². The first-order valence-electron chi connectivity index (χ1n) is 13.6. The predicted octanol–water partition coefficient (Wildman–Crippen LogP) is 7.20. The number of fused-ring (bicyclic) bond motifs is 2. The molecule has 12 heteroatoms. The zero-order valence-electron chi connectivity index (χ0n) is 23.6. The van der Waals surface area contributed by atoms with Gasteiger partial charge in [0.2, 0.25) is 0 Å². The van der Waals surface area contributed by atoms with Gasteiger partial charge in [-0.3, -0.25) is 15.0 Å². The van der Waals surface area contributed by atoms with Crippen LogP contribution in [0, 0.1) is 16.7 Å². The molecule has 0 amide bonds. The molecular weight excluding hydrogens is 577 g/mol. The second kappa shape index (κ2) is 12.0. The maximum absolute atomic E-state index is 13.6. The molecular formula is C31H30ClF3N8. The second-order valence-electron chi connectivity index (χ2n) is 10.8. The van der Waals surface area contributed by atoms with Crippen molar-refractivity contribution in [1.29, 1.82) is 5.26 Å². The van der Waals surface area contributed by atoms with E-state index in [0.717, 1.165) is 42.4 Å². The maximum atomic E-state index is 13.6. The highest BCUT2D eigenvalue weighted by molar-refractivity contribution is 6.35. The number of nitriles is 1. The van der Waals surface area contributed by atoms with Crippen molar-refractivity contribution in [3.63, 3.8) is 0 Å². The number of aromatic nitrogens is 2. The van der Waals surface area contributed by atoms with Gasteiger partial charge in [-0.15, -0.1) is 12.1 Å². The number of rotatable bonds is 10. The van der Waals surface area contributed by atoms with Crippen LogP contribution >= 0.6 is 11.6 Å². The van der Waals surface area contributed by atoms with Crippen molar-refractivity contribution in [3.05, 3.63) is 95.6 Å². The van der Waals surface area contributed by atoms with Gasteiger partial charge in [-0.2, -0.15) is 18.4 Å². The lowest BCUT2D eigenvalue weighted by atomic mass is 9.92. The standard InChI is InChI=1S/C31H30ClF3N8/c1-4-5-12-43-17-26(41-42-43)29(22-8-6-10-25-21(22)9-7-11-37-25)40-20-13-23-27(39-18-30(2,3)31(33,34)35)19(15-36)16-38-28(23)24(32)14-20/h4,6-11,13-14,16-17,29,40-42H,1,5,12,18H2,2-3H3,(H,38,39)/t29-/m0/s1. The van der Waals surface area contributed by atoms with Crippen LogP contribution in [0.15, 0.2) is 79.4 Å². The molecule has 0 fully saturated rings. The Balaban J connectivity index is 1.60. The summed E-state index contributed by atoms with van der Waals surface area (Å²) in [6.45, 7) is 6.24. The van der Waals surface area contributed by atoms with E-state index in [-0.39, 0.29) is 16.3 Å². The molecule has 43 heavy (non-hydrogen) atoms. The summed E-state index contributed by atoms with van der Waals surface area (Å²) in [6, 6.07) is 14.8. The molecule has 1 atom stereocenters. The molecule has 222 valence electrons. The van der Waals surface area contributed by atoms with Crippen LogP contribution in [0.25, 0.3) is 21.8 Å². The van der Waals surface area contributed by atoms with Crippen LogP contribution in [0.2, 0.25) is 5.02 Å². The summed E-state index contributed by atoms with van der Waals surface area (Å²) in [4.78, 5) is 8.84. The molecule has 0 saturated carbocycles. The SMILES string of the molecule is C=CCCN1C=C([C@@H](Nc2cc(Cl)c3ncc(C#N)c(NCC(C)(C)C(F)(F)F)c3c2)c2cccc3ncccc23)NN1. The van der Waals surface area contributed by atoms with Gasteiger partial charge in [0.25, 0.3) is 0 Å². The van der Waals surface area contributed by atoms with E-state index in [1.54, 1.807) is 18.3 Å². The first-order chi connectivity index (χ1) is 20.5. The molecule has 0 aliphatic carbocycles. The summed E-state index contributed by atoms with van der Waals surface area (Å²) in [5, 5.41) is 19.8. The Hall–Kier alpha value is -4.53. The minimum absolute atomic E-state index is 0.109. The van der Waals surface area contributed by atoms with Gasteiger partial charge >= 0.3 is 6.18 Å². The summed E-state index contributed by atoms with van der Waals surface area (Å²) in [5.41, 5.74) is 8.18. The minimum atomic E-state index is -4.45. The normalized spacial score (nSPS) is 14.3. The molecule has 0 radical (unpaired) electrons. The number of hydrogen-bond acceptors (Lipinski definition) is 8. The molecule has 2 aromatic carbocycles. The first kappa shape index (κ1) is 29.9. The molecule has 1 aliphatic rings. The third-order valence-electron chi connectivity index (χ3n) is 7.35. The molecule has 3 heterocycles. The number of benzene rings is 2. The van der Waals surface area contributed by atoms with E-state index in [2.05, 4.69) is 38.1 Å². The first-order valence-corrected chi connectivity index (χ1v) is 13.9. The summed E-state index contributed by atoms with van der Waals surface area (Å²) in [6.07, 6.45) is 3.16. The van der Waals surface area contributed by atoms with Gasteiger partial charge in [0.05, 0.1) is 44.5 Å². The van der Waals surface area contributed by atoms with Crippen molar-refractivity contribution in [2.75, 3.05) is 23.7 Å². The quantitative estimate of drug-likeness (QED) is 0.141. The fourth-order valence-electron chi connectivity index (χ4n) is 4.76. The van der Waals surface area contributed by atoms with Crippen LogP contribution in [0.1, 0.15) is 37.4 Å². The van der Waals surface area contributed by atoms with E-state index in [0.29, 0.717) is 23.1 Å².